The van der Waals surface area contributed by atoms with E-state index in [1.54, 1.807) is 10.8 Å². The molecular formula is C14H10IN3O2. The first-order valence-electron chi connectivity index (χ1n) is 6.22. The summed E-state index contributed by atoms with van der Waals surface area (Å²) in [6.07, 6.45) is 1.73. The van der Waals surface area contributed by atoms with E-state index in [1.807, 2.05) is 30.3 Å². The molecule has 4 rings (SSSR count). The van der Waals surface area contributed by atoms with Gasteiger partial charge in [0.05, 0.1) is 14.8 Å². The Morgan fingerprint density at radius 1 is 1.35 bits per heavy atom. The molecule has 100 valence electrons. The van der Waals surface area contributed by atoms with Crippen molar-refractivity contribution < 1.29 is 4.74 Å². The molecule has 6 heteroatoms. The molecule has 1 N–H and O–H groups in total. The Morgan fingerprint density at radius 3 is 3.05 bits per heavy atom. The Hall–Kier alpha value is -1.83. The Labute approximate surface area is 127 Å². The number of pyridine rings is 1. The highest BCUT2D eigenvalue weighted by molar-refractivity contribution is 14.1. The molecule has 0 aliphatic carbocycles. The van der Waals surface area contributed by atoms with Crippen LogP contribution >= 0.6 is 22.6 Å². The van der Waals surface area contributed by atoms with Crippen LogP contribution in [0.5, 0.6) is 5.75 Å². The summed E-state index contributed by atoms with van der Waals surface area (Å²) in [6, 6.07) is 9.35. The fraction of sp³-hybridized carbons (Fsp3) is 0.143. The molecule has 1 atom stereocenters. The lowest BCUT2D eigenvalue weighted by Crippen LogP contribution is -2.31. The molecule has 1 aliphatic rings. The molecule has 1 unspecified atom stereocenters. The van der Waals surface area contributed by atoms with Crippen LogP contribution in [0, 0.1) is 3.57 Å². The van der Waals surface area contributed by atoms with E-state index < -0.39 is 0 Å². The van der Waals surface area contributed by atoms with Crippen LogP contribution in [0.2, 0.25) is 0 Å². The predicted octanol–water partition coefficient (Wildman–Crippen LogP) is 2.31. The Balaban J connectivity index is 2.04. The normalized spacial score (nSPS) is 17.1. The first-order chi connectivity index (χ1) is 9.75. The van der Waals surface area contributed by atoms with Gasteiger partial charge in [-0.1, -0.05) is 6.07 Å². The van der Waals surface area contributed by atoms with Gasteiger partial charge in [-0.25, -0.2) is 4.79 Å². The number of ether oxygens (including phenoxy) is 1. The molecule has 3 aromatic rings. The Morgan fingerprint density at radius 2 is 2.25 bits per heavy atom. The predicted molar refractivity (Wildman–Crippen MR) is 83.1 cm³/mol. The smallest absolute Gasteiger partial charge is 0.327 e. The van der Waals surface area contributed by atoms with Crippen LogP contribution in [0.1, 0.15) is 11.7 Å². The molecule has 0 saturated carbocycles. The maximum Gasteiger partial charge on any atom is 0.327 e. The van der Waals surface area contributed by atoms with Crippen molar-refractivity contribution in [1.29, 1.82) is 0 Å². The fourth-order valence-electron chi connectivity index (χ4n) is 2.63. The maximum absolute atomic E-state index is 12.3. The number of hydrogen-bond donors (Lipinski definition) is 1. The molecule has 0 fully saturated rings. The largest absolute Gasteiger partial charge is 0.488 e. The van der Waals surface area contributed by atoms with Crippen molar-refractivity contribution in [3.8, 4) is 5.75 Å². The molecule has 5 nitrogen and oxygen atoms in total. The molecule has 0 saturated heterocycles. The number of halogens is 1. The van der Waals surface area contributed by atoms with E-state index in [0.29, 0.717) is 6.61 Å². The van der Waals surface area contributed by atoms with Crippen molar-refractivity contribution >= 4 is 33.6 Å². The van der Waals surface area contributed by atoms with Crippen LogP contribution in [0.15, 0.2) is 41.3 Å². The summed E-state index contributed by atoms with van der Waals surface area (Å²) in [5, 5.41) is 0. The summed E-state index contributed by atoms with van der Waals surface area (Å²) in [4.78, 5) is 19.5. The highest BCUT2D eigenvalue weighted by atomic mass is 127. The van der Waals surface area contributed by atoms with Gasteiger partial charge < -0.3 is 9.72 Å². The number of H-pyrrole nitrogens is 1. The highest BCUT2D eigenvalue weighted by Crippen LogP contribution is 2.36. The molecule has 2 aromatic heterocycles. The van der Waals surface area contributed by atoms with Crippen molar-refractivity contribution in [2.24, 2.45) is 0 Å². The minimum Gasteiger partial charge on any atom is -0.488 e. The average Bonchev–Trinajstić information content (AvgIpc) is 2.82. The molecular weight excluding hydrogens is 369 g/mol. The molecule has 1 aliphatic heterocycles. The molecule has 20 heavy (non-hydrogen) atoms. The third-order valence-corrected chi connectivity index (χ3v) is 4.36. The van der Waals surface area contributed by atoms with Crippen molar-refractivity contribution in [1.82, 2.24) is 14.5 Å². The van der Waals surface area contributed by atoms with Crippen molar-refractivity contribution in [2.45, 2.75) is 6.04 Å². The second-order valence-corrected chi connectivity index (χ2v) is 5.82. The zero-order chi connectivity index (χ0) is 13.7. The van der Waals surface area contributed by atoms with Crippen LogP contribution in [0.4, 0.5) is 0 Å². The minimum absolute atomic E-state index is 0.123. The first-order valence-corrected chi connectivity index (χ1v) is 7.30. The van der Waals surface area contributed by atoms with Gasteiger partial charge in [0.1, 0.15) is 18.2 Å². The van der Waals surface area contributed by atoms with Crippen LogP contribution in [-0.4, -0.2) is 21.1 Å². The summed E-state index contributed by atoms with van der Waals surface area (Å²) in [5.74, 6) is 0.772. The second kappa shape index (κ2) is 4.34. The zero-order valence-corrected chi connectivity index (χ0v) is 12.5. The van der Waals surface area contributed by atoms with Gasteiger partial charge in [-0.05, 0) is 46.9 Å². The molecule has 0 spiro atoms. The highest BCUT2D eigenvalue weighted by Gasteiger charge is 2.28. The summed E-state index contributed by atoms with van der Waals surface area (Å²) >= 11 is 2.22. The van der Waals surface area contributed by atoms with Gasteiger partial charge in [0, 0.05) is 6.20 Å². The van der Waals surface area contributed by atoms with E-state index in [2.05, 4.69) is 32.6 Å². The monoisotopic (exact) mass is 379 g/mol. The van der Waals surface area contributed by atoms with Crippen LogP contribution in [-0.2, 0) is 0 Å². The number of nitrogens with one attached hydrogen (secondary N) is 1. The molecule has 0 radical (unpaired) electrons. The third-order valence-electron chi connectivity index (χ3n) is 3.51. The standard InChI is InChI=1S/C14H10IN3O2/c15-8-4-5-10-12-13(8)20-7-11(18(12)14(19)17-10)9-3-1-2-6-16-9/h1-6,11H,7H2,(H,17,19). The number of hydrogen-bond acceptors (Lipinski definition) is 3. The van der Waals surface area contributed by atoms with Crippen LogP contribution < -0.4 is 10.4 Å². The van der Waals surface area contributed by atoms with E-state index >= 15 is 0 Å². The molecule has 1 aromatic carbocycles. The van der Waals surface area contributed by atoms with E-state index in [9.17, 15) is 4.79 Å². The van der Waals surface area contributed by atoms with E-state index in [-0.39, 0.29) is 11.7 Å². The lowest BCUT2D eigenvalue weighted by molar-refractivity contribution is 0.252. The molecule has 0 bridgehead atoms. The number of rotatable bonds is 1. The zero-order valence-electron chi connectivity index (χ0n) is 10.3. The van der Waals surface area contributed by atoms with Gasteiger partial charge >= 0.3 is 5.69 Å². The molecule has 0 amide bonds. The van der Waals surface area contributed by atoms with Crippen molar-refractivity contribution in [3.05, 3.63) is 56.3 Å². The lowest BCUT2D eigenvalue weighted by atomic mass is 10.1. The van der Waals surface area contributed by atoms with Gasteiger partial charge in [-0.15, -0.1) is 0 Å². The number of benzene rings is 1. The van der Waals surface area contributed by atoms with Crippen molar-refractivity contribution in [2.75, 3.05) is 6.61 Å². The SMILES string of the molecule is O=c1[nH]c2ccc(I)c3c2n1C(c1ccccn1)CO3. The Kier molecular flexibility index (Phi) is 2.59. The quantitative estimate of drug-likeness (QED) is 0.661. The number of nitrogens with zero attached hydrogens (tertiary/aromatic N) is 2. The van der Waals surface area contributed by atoms with E-state index in [4.69, 9.17) is 4.74 Å². The summed E-state index contributed by atoms with van der Waals surface area (Å²) in [5.41, 5.74) is 2.33. The third kappa shape index (κ3) is 1.60. The number of aromatic nitrogens is 3. The fourth-order valence-corrected chi connectivity index (χ4v) is 3.22. The van der Waals surface area contributed by atoms with Gasteiger partial charge in [0.15, 0.2) is 5.75 Å². The van der Waals surface area contributed by atoms with Gasteiger partial charge in [0.2, 0.25) is 0 Å². The van der Waals surface area contributed by atoms with Gasteiger partial charge in [-0.3, -0.25) is 9.55 Å². The van der Waals surface area contributed by atoms with Gasteiger partial charge in [0.25, 0.3) is 0 Å². The number of imidazole rings is 1. The summed E-state index contributed by atoms with van der Waals surface area (Å²) < 4.78 is 8.63. The van der Waals surface area contributed by atoms with E-state index in [0.717, 1.165) is 26.0 Å². The van der Waals surface area contributed by atoms with Crippen LogP contribution in [0.25, 0.3) is 11.0 Å². The molecule has 3 heterocycles. The number of aromatic amines is 1. The van der Waals surface area contributed by atoms with Crippen molar-refractivity contribution in [3.63, 3.8) is 0 Å². The van der Waals surface area contributed by atoms with Crippen LogP contribution in [0.3, 0.4) is 0 Å². The first kappa shape index (κ1) is 12.0. The average molecular weight is 379 g/mol. The summed E-state index contributed by atoms with van der Waals surface area (Å²) in [7, 11) is 0. The van der Waals surface area contributed by atoms with Gasteiger partial charge in [-0.2, -0.15) is 0 Å². The topological polar surface area (TPSA) is 59.9 Å². The Bertz CT molecular complexity index is 854. The summed E-state index contributed by atoms with van der Waals surface area (Å²) in [6.45, 7) is 0.414. The second-order valence-electron chi connectivity index (χ2n) is 4.65. The lowest BCUT2D eigenvalue weighted by Gasteiger charge is -2.25. The maximum atomic E-state index is 12.3. The van der Waals surface area contributed by atoms with E-state index in [1.165, 1.54) is 0 Å². The minimum atomic E-state index is -0.192.